The highest BCUT2D eigenvalue weighted by Crippen LogP contribution is 2.29. The lowest BCUT2D eigenvalue weighted by Gasteiger charge is -2.34. The van der Waals surface area contributed by atoms with Crippen LogP contribution in [0.2, 0.25) is 0 Å². The second kappa shape index (κ2) is 4.11. The number of nitro benzene ring substituents is 1. The average Bonchev–Trinajstić information content (AvgIpc) is 2.28. The Balaban J connectivity index is 1.98. The van der Waals surface area contributed by atoms with Crippen molar-refractivity contribution in [3.63, 3.8) is 0 Å². The average molecular weight is 232 g/mol. The summed E-state index contributed by atoms with van der Waals surface area (Å²) in [6, 6.07) is 5.86. The van der Waals surface area contributed by atoms with Gasteiger partial charge in [0, 0.05) is 18.2 Å². The molecule has 4 nitrogen and oxygen atoms in total. The zero-order valence-electron chi connectivity index (χ0n) is 9.69. The molecule has 2 bridgehead atoms. The summed E-state index contributed by atoms with van der Waals surface area (Å²) in [5.74, 6) is 0.701. The van der Waals surface area contributed by atoms with Gasteiger partial charge in [-0.1, -0.05) is 6.07 Å². The Morgan fingerprint density at radius 1 is 1.24 bits per heavy atom. The highest BCUT2D eigenvalue weighted by molar-refractivity contribution is 5.41. The van der Waals surface area contributed by atoms with Crippen LogP contribution in [0.15, 0.2) is 18.2 Å². The van der Waals surface area contributed by atoms with Crippen molar-refractivity contribution < 1.29 is 4.92 Å². The van der Waals surface area contributed by atoms with Gasteiger partial charge >= 0.3 is 0 Å². The molecule has 1 fully saturated rings. The Labute approximate surface area is 100 Å². The van der Waals surface area contributed by atoms with Gasteiger partial charge in [-0.3, -0.25) is 10.1 Å². The third kappa shape index (κ3) is 2.05. The maximum Gasteiger partial charge on any atom is 0.269 e. The number of hydrogen-bond acceptors (Lipinski definition) is 3. The van der Waals surface area contributed by atoms with Gasteiger partial charge in [-0.25, -0.2) is 0 Å². The van der Waals surface area contributed by atoms with Gasteiger partial charge in [-0.15, -0.1) is 0 Å². The molecule has 4 rings (SSSR count). The number of nitrogens with one attached hydrogen (secondary N) is 1. The van der Waals surface area contributed by atoms with E-state index in [4.69, 9.17) is 0 Å². The van der Waals surface area contributed by atoms with Gasteiger partial charge in [0.1, 0.15) is 0 Å². The first kappa shape index (κ1) is 10.7. The monoisotopic (exact) mass is 232 g/mol. The largest absolute Gasteiger partial charge is 0.313 e. The molecular formula is C13H16N2O2. The molecule has 1 N–H and O–H groups in total. The third-order valence-corrected chi connectivity index (χ3v) is 3.99. The molecular weight excluding hydrogens is 216 g/mol. The molecule has 0 saturated carbocycles. The number of non-ortho nitro benzene ring substituents is 1. The van der Waals surface area contributed by atoms with Crippen molar-refractivity contribution in [2.75, 3.05) is 6.54 Å². The van der Waals surface area contributed by atoms with Gasteiger partial charge in [0.05, 0.1) is 4.92 Å². The molecule has 1 saturated heterocycles. The maximum atomic E-state index is 10.8. The molecule has 0 spiro atoms. The van der Waals surface area contributed by atoms with Crippen LogP contribution >= 0.6 is 0 Å². The van der Waals surface area contributed by atoms with Crippen LogP contribution in [-0.2, 0) is 12.8 Å². The van der Waals surface area contributed by atoms with Crippen molar-refractivity contribution in [1.29, 1.82) is 0 Å². The van der Waals surface area contributed by atoms with Crippen LogP contribution in [0.3, 0.4) is 0 Å². The topological polar surface area (TPSA) is 55.2 Å². The van der Waals surface area contributed by atoms with Crippen LogP contribution in [0, 0.1) is 16.0 Å². The molecule has 0 amide bonds. The minimum atomic E-state index is -0.301. The minimum absolute atomic E-state index is 0.222. The van der Waals surface area contributed by atoms with Crippen LogP contribution in [0.1, 0.15) is 24.0 Å². The second-order valence-electron chi connectivity index (χ2n) is 5.17. The predicted octanol–water partition coefficient (Wildman–Crippen LogP) is 2.06. The number of nitrogens with zero attached hydrogens (tertiary/aromatic N) is 1. The summed E-state index contributed by atoms with van der Waals surface area (Å²) in [5.41, 5.74) is 2.70. The molecule has 3 aliphatic rings. The molecule has 17 heavy (non-hydrogen) atoms. The quantitative estimate of drug-likeness (QED) is 0.595. The third-order valence-electron chi connectivity index (χ3n) is 3.99. The van der Waals surface area contributed by atoms with Gasteiger partial charge in [0.15, 0.2) is 0 Å². The Bertz CT molecular complexity index is 451. The second-order valence-corrected chi connectivity index (χ2v) is 5.17. The molecule has 1 aliphatic carbocycles. The first-order valence-corrected chi connectivity index (χ1v) is 6.22. The molecule has 90 valence electrons. The number of rotatable bonds is 1. The first-order chi connectivity index (χ1) is 8.22. The van der Waals surface area contributed by atoms with Crippen molar-refractivity contribution >= 4 is 5.69 Å². The fraction of sp³-hybridized carbons (Fsp3) is 0.538. The molecule has 2 heterocycles. The fourth-order valence-corrected chi connectivity index (χ4v) is 3.01. The zero-order valence-corrected chi connectivity index (χ0v) is 9.69. The van der Waals surface area contributed by atoms with E-state index in [0.717, 1.165) is 19.4 Å². The van der Waals surface area contributed by atoms with Gasteiger partial charge in [0.25, 0.3) is 5.69 Å². The summed E-state index contributed by atoms with van der Waals surface area (Å²) in [6.45, 7) is 1.10. The van der Waals surface area contributed by atoms with Crippen molar-refractivity contribution in [2.45, 2.75) is 31.7 Å². The van der Waals surface area contributed by atoms with Gasteiger partial charge in [0.2, 0.25) is 0 Å². The normalized spacial score (nSPS) is 27.1. The van der Waals surface area contributed by atoms with E-state index in [9.17, 15) is 10.1 Å². The zero-order chi connectivity index (χ0) is 11.8. The predicted molar refractivity (Wildman–Crippen MR) is 65.0 cm³/mol. The van der Waals surface area contributed by atoms with E-state index >= 15 is 0 Å². The molecule has 2 unspecified atom stereocenters. The SMILES string of the molecule is O=[N+]([O-])c1ccc2c(c1)CC1CCC(CN1)C2. The van der Waals surface area contributed by atoms with E-state index in [2.05, 4.69) is 5.32 Å². The highest BCUT2D eigenvalue weighted by Gasteiger charge is 2.26. The summed E-state index contributed by atoms with van der Waals surface area (Å²) in [7, 11) is 0. The molecule has 0 radical (unpaired) electrons. The lowest BCUT2D eigenvalue weighted by Crippen LogP contribution is -2.42. The first-order valence-electron chi connectivity index (χ1n) is 6.22. The molecule has 1 aromatic rings. The summed E-state index contributed by atoms with van der Waals surface area (Å²) < 4.78 is 0. The number of hydrogen-bond donors (Lipinski definition) is 1. The van der Waals surface area contributed by atoms with Crippen LogP contribution < -0.4 is 5.32 Å². The summed E-state index contributed by atoms with van der Waals surface area (Å²) >= 11 is 0. The van der Waals surface area contributed by atoms with E-state index in [0.29, 0.717) is 12.0 Å². The van der Waals surface area contributed by atoms with Crippen molar-refractivity contribution in [1.82, 2.24) is 5.32 Å². The van der Waals surface area contributed by atoms with Crippen LogP contribution in [0.4, 0.5) is 5.69 Å². The van der Waals surface area contributed by atoms with Crippen LogP contribution in [0.5, 0.6) is 0 Å². The summed E-state index contributed by atoms with van der Waals surface area (Å²) in [5, 5.41) is 14.3. The molecule has 2 atom stereocenters. The maximum absolute atomic E-state index is 10.8. The smallest absolute Gasteiger partial charge is 0.269 e. The number of piperidine rings is 1. The Hall–Kier alpha value is -1.42. The van der Waals surface area contributed by atoms with E-state index in [1.807, 2.05) is 6.07 Å². The number of fused-ring (bicyclic) bond motifs is 2. The number of nitro groups is 1. The lowest BCUT2D eigenvalue weighted by molar-refractivity contribution is -0.384. The van der Waals surface area contributed by atoms with Crippen LogP contribution in [-0.4, -0.2) is 17.5 Å². The Kier molecular flexibility index (Phi) is 2.59. The number of benzene rings is 1. The van der Waals surface area contributed by atoms with E-state index < -0.39 is 0 Å². The van der Waals surface area contributed by atoms with Crippen LogP contribution in [0.25, 0.3) is 0 Å². The van der Waals surface area contributed by atoms with Gasteiger partial charge < -0.3 is 5.32 Å². The van der Waals surface area contributed by atoms with Gasteiger partial charge in [-0.05, 0) is 49.3 Å². The Morgan fingerprint density at radius 2 is 2.12 bits per heavy atom. The summed E-state index contributed by atoms with van der Waals surface area (Å²) in [4.78, 5) is 10.5. The Morgan fingerprint density at radius 3 is 2.82 bits per heavy atom. The minimum Gasteiger partial charge on any atom is -0.313 e. The van der Waals surface area contributed by atoms with E-state index in [1.54, 1.807) is 12.1 Å². The standard InChI is InChI=1S/C13H16N2O2/c16-15(17)13-4-2-10-5-9-1-3-12(14-8-9)6-11(10)7-13/h2,4,7,9,12,14H,1,3,5-6,8H2. The molecule has 0 aromatic heterocycles. The molecule has 1 aromatic carbocycles. The van der Waals surface area contributed by atoms with E-state index in [-0.39, 0.29) is 10.6 Å². The lowest BCUT2D eigenvalue weighted by atomic mass is 9.81. The van der Waals surface area contributed by atoms with Crippen molar-refractivity contribution in [3.8, 4) is 0 Å². The summed E-state index contributed by atoms with van der Waals surface area (Å²) in [6.07, 6.45) is 4.48. The molecule has 2 aliphatic heterocycles. The van der Waals surface area contributed by atoms with E-state index in [1.165, 1.54) is 24.0 Å². The fourth-order valence-electron chi connectivity index (χ4n) is 3.01. The highest BCUT2D eigenvalue weighted by atomic mass is 16.6. The van der Waals surface area contributed by atoms with Crippen molar-refractivity contribution in [3.05, 3.63) is 39.4 Å². The van der Waals surface area contributed by atoms with Crippen molar-refractivity contribution in [2.24, 2.45) is 5.92 Å². The molecule has 4 heteroatoms. The van der Waals surface area contributed by atoms with Gasteiger partial charge in [-0.2, -0.15) is 0 Å².